The predicted octanol–water partition coefficient (Wildman–Crippen LogP) is 4.15. The van der Waals surface area contributed by atoms with E-state index < -0.39 is 0 Å². The maximum absolute atomic E-state index is 13.0. The number of fused-ring (bicyclic) bond motifs is 1. The Hall–Kier alpha value is -3.74. The van der Waals surface area contributed by atoms with Gasteiger partial charge >= 0.3 is 0 Å². The first-order valence-electron chi connectivity index (χ1n) is 8.31. The number of nitrogens with zero attached hydrogens (tertiary/aromatic N) is 3. The molecule has 0 saturated carbocycles. The highest BCUT2D eigenvalue weighted by Gasteiger charge is 2.12. The molecule has 27 heavy (non-hydrogen) atoms. The van der Waals surface area contributed by atoms with Gasteiger partial charge in [-0.1, -0.05) is 30.3 Å². The minimum Gasteiger partial charge on any atom is -0.435 e. The van der Waals surface area contributed by atoms with Gasteiger partial charge in [0.1, 0.15) is 23.3 Å². The Morgan fingerprint density at radius 1 is 0.963 bits per heavy atom. The summed E-state index contributed by atoms with van der Waals surface area (Å²) in [6.45, 7) is 0.441. The highest BCUT2D eigenvalue weighted by Crippen LogP contribution is 2.32. The lowest BCUT2D eigenvalue weighted by Gasteiger charge is -2.12. The Balaban J connectivity index is 1.57. The third-order valence-corrected chi connectivity index (χ3v) is 4.02. The van der Waals surface area contributed by atoms with Crippen LogP contribution in [0, 0.1) is 5.82 Å². The molecular formula is C20H16FN5O. The number of pyridine rings is 1. The van der Waals surface area contributed by atoms with Crippen LogP contribution in [-0.2, 0) is 6.54 Å². The molecule has 0 radical (unpaired) electrons. The molecule has 0 aliphatic heterocycles. The van der Waals surface area contributed by atoms with Gasteiger partial charge in [-0.2, -0.15) is 4.98 Å². The van der Waals surface area contributed by atoms with Crippen molar-refractivity contribution in [2.24, 2.45) is 0 Å². The molecule has 4 aromatic rings. The topological polar surface area (TPSA) is 86.0 Å². The molecule has 4 rings (SSSR count). The van der Waals surface area contributed by atoms with Gasteiger partial charge in [0.05, 0.1) is 0 Å². The molecule has 2 aromatic heterocycles. The highest BCUT2D eigenvalue weighted by molar-refractivity contribution is 5.84. The number of hydrogen-bond acceptors (Lipinski definition) is 6. The zero-order valence-electron chi connectivity index (χ0n) is 14.3. The predicted molar refractivity (Wildman–Crippen MR) is 102 cm³/mol. The fourth-order valence-electron chi connectivity index (χ4n) is 2.65. The highest BCUT2D eigenvalue weighted by atomic mass is 19.1. The molecule has 0 atom stereocenters. The van der Waals surface area contributed by atoms with E-state index in [2.05, 4.69) is 20.3 Å². The van der Waals surface area contributed by atoms with Gasteiger partial charge < -0.3 is 15.8 Å². The largest absolute Gasteiger partial charge is 0.435 e. The van der Waals surface area contributed by atoms with Crippen LogP contribution in [0.25, 0.3) is 10.9 Å². The molecule has 0 aliphatic rings. The second-order valence-electron chi connectivity index (χ2n) is 5.85. The van der Waals surface area contributed by atoms with E-state index in [9.17, 15) is 4.39 Å². The zero-order chi connectivity index (χ0) is 18.6. The number of nitrogens with one attached hydrogen (secondary N) is 1. The van der Waals surface area contributed by atoms with Crippen molar-refractivity contribution in [3.63, 3.8) is 0 Å². The van der Waals surface area contributed by atoms with Crippen molar-refractivity contribution in [1.82, 2.24) is 15.0 Å². The lowest BCUT2D eigenvalue weighted by molar-refractivity contribution is 0.469. The number of benzene rings is 2. The van der Waals surface area contributed by atoms with E-state index >= 15 is 0 Å². The van der Waals surface area contributed by atoms with Crippen molar-refractivity contribution in [3.8, 4) is 11.6 Å². The fourth-order valence-corrected chi connectivity index (χ4v) is 2.65. The summed E-state index contributed by atoms with van der Waals surface area (Å²) in [5.41, 5.74) is 8.07. The van der Waals surface area contributed by atoms with Gasteiger partial charge in [0.25, 0.3) is 0 Å². The van der Waals surface area contributed by atoms with Crippen LogP contribution >= 0.6 is 0 Å². The summed E-state index contributed by atoms with van der Waals surface area (Å²) in [4.78, 5) is 12.6. The molecule has 2 heterocycles. The molecule has 0 spiro atoms. The lowest BCUT2D eigenvalue weighted by atomic mass is 10.2. The van der Waals surface area contributed by atoms with Crippen molar-refractivity contribution in [2.75, 3.05) is 11.1 Å². The summed E-state index contributed by atoms with van der Waals surface area (Å²) < 4.78 is 18.9. The van der Waals surface area contributed by atoms with Crippen molar-refractivity contribution >= 4 is 22.4 Å². The molecule has 3 N–H and O–H groups in total. The molecule has 0 saturated heterocycles. The Kier molecular flexibility index (Phi) is 4.49. The van der Waals surface area contributed by atoms with E-state index in [0.717, 1.165) is 16.5 Å². The van der Waals surface area contributed by atoms with Gasteiger partial charge in [0.15, 0.2) is 11.6 Å². The van der Waals surface area contributed by atoms with Gasteiger partial charge in [-0.3, -0.25) is 4.98 Å². The Labute approximate surface area is 154 Å². The van der Waals surface area contributed by atoms with Crippen LogP contribution in [0.4, 0.5) is 15.9 Å². The summed E-state index contributed by atoms with van der Waals surface area (Å²) in [5.74, 6) is 0.963. The molecule has 7 heteroatoms. The first kappa shape index (κ1) is 16.7. The van der Waals surface area contributed by atoms with Crippen LogP contribution < -0.4 is 15.8 Å². The maximum Gasteiger partial charge on any atom is 0.248 e. The minimum absolute atomic E-state index is 0.241. The number of hydrogen-bond donors (Lipinski definition) is 2. The van der Waals surface area contributed by atoms with Gasteiger partial charge in [0, 0.05) is 18.1 Å². The second kappa shape index (κ2) is 7.25. The smallest absolute Gasteiger partial charge is 0.248 e. The number of ether oxygens (including phenoxy) is 1. The van der Waals surface area contributed by atoms with Crippen LogP contribution in [0.3, 0.4) is 0 Å². The molecule has 134 valence electrons. The molecular weight excluding hydrogens is 345 g/mol. The number of halogens is 1. The normalized spacial score (nSPS) is 10.7. The molecule has 0 unspecified atom stereocenters. The SMILES string of the molecule is Nc1c(NCc2ccc(F)cc2)ncnc1Oc1cccc2cccnc12. The number of aromatic nitrogens is 3. The molecule has 0 amide bonds. The zero-order valence-corrected chi connectivity index (χ0v) is 14.3. The van der Waals surface area contributed by atoms with E-state index in [-0.39, 0.29) is 17.4 Å². The number of para-hydroxylation sites is 1. The number of rotatable bonds is 5. The Morgan fingerprint density at radius 2 is 1.78 bits per heavy atom. The summed E-state index contributed by atoms with van der Waals surface area (Å²) in [6, 6.07) is 15.7. The van der Waals surface area contributed by atoms with E-state index in [1.807, 2.05) is 30.3 Å². The minimum atomic E-state index is -0.278. The van der Waals surface area contributed by atoms with E-state index in [1.54, 1.807) is 18.3 Å². The van der Waals surface area contributed by atoms with Crippen molar-refractivity contribution in [2.45, 2.75) is 6.54 Å². The van der Waals surface area contributed by atoms with Gasteiger partial charge in [-0.15, -0.1) is 0 Å². The van der Waals surface area contributed by atoms with Crippen molar-refractivity contribution in [3.05, 3.63) is 78.5 Å². The monoisotopic (exact) mass is 361 g/mol. The number of anilines is 2. The van der Waals surface area contributed by atoms with E-state index in [0.29, 0.717) is 18.1 Å². The Bertz CT molecular complexity index is 1080. The molecule has 2 aromatic carbocycles. The first-order valence-corrected chi connectivity index (χ1v) is 8.31. The fraction of sp³-hybridized carbons (Fsp3) is 0.0500. The van der Waals surface area contributed by atoms with Crippen LogP contribution in [0.15, 0.2) is 67.1 Å². The lowest BCUT2D eigenvalue weighted by Crippen LogP contribution is -2.07. The van der Waals surface area contributed by atoms with Crippen molar-refractivity contribution < 1.29 is 9.13 Å². The third kappa shape index (κ3) is 3.62. The number of nitrogen functional groups attached to an aromatic ring is 1. The first-order chi connectivity index (χ1) is 13.2. The summed E-state index contributed by atoms with van der Waals surface area (Å²) >= 11 is 0. The van der Waals surface area contributed by atoms with Gasteiger partial charge in [0.2, 0.25) is 5.88 Å². The third-order valence-electron chi connectivity index (χ3n) is 4.02. The summed E-state index contributed by atoms with van der Waals surface area (Å²) in [5, 5.41) is 4.07. The molecule has 0 bridgehead atoms. The summed E-state index contributed by atoms with van der Waals surface area (Å²) in [6.07, 6.45) is 3.07. The van der Waals surface area contributed by atoms with Gasteiger partial charge in [-0.25, -0.2) is 9.37 Å². The quantitative estimate of drug-likeness (QED) is 0.555. The number of nitrogens with two attached hydrogens (primary N) is 1. The van der Waals surface area contributed by atoms with E-state index in [4.69, 9.17) is 10.5 Å². The second-order valence-corrected chi connectivity index (χ2v) is 5.85. The standard InChI is InChI=1S/C20H16FN5O/c21-15-8-6-13(7-9-15)11-24-19-17(22)20(26-12-25-19)27-16-5-1-3-14-4-2-10-23-18(14)16/h1-10,12H,11,22H2,(H,24,25,26). The van der Waals surface area contributed by atoms with Crippen LogP contribution in [0.5, 0.6) is 11.6 Å². The maximum atomic E-state index is 13.0. The average molecular weight is 361 g/mol. The molecule has 6 nitrogen and oxygen atoms in total. The summed E-state index contributed by atoms with van der Waals surface area (Å²) in [7, 11) is 0. The van der Waals surface area contributed by atoms with Crippen LogP contribution in [0.1, 0.15) is 5.56 Å². The van der Waals surface area contributed by atoms with Crippen molar-refractivity contribution in [1.29, 1.82) is 0 Å². The average Bonchev–Trinajstić information content (AvgIpc) is 2.70. The van der Waals surface area contributed by atoms with E-state index in [1.165, 1.54) is 18.5 Å². The molecule has 0 aliphatic carbocycles. The van der Waals surface area contributed by atoms with Crippen LogP contribution in [0.2, 0.25) is 0 Å². The van der Waals surface area contributed by atoms with Crippen LogP contribution in [-0.4, -0.2) is 15.0 Å². The van der Waals surface area contributed by atoms with Gasteiger partial charge in [-0.05, 0) is 29.8 Å². The molecule has 0 fully saturated rings. The Morgan fingerprint density at radius 3 is 2.63 bits per heavy atom.